The Morgan fingerprint density at radius 2 is 1.90 bits per heavy atom. The lowest BCUT2D eigenvalue weighted by Gasteiger charge is -2.21. The molecule has 0 fully saturated rings. The summed E-state index contributed by atoms with van der Waals surface area (Å²) >= 11 is 0. The Bertz CT molecular complexity index is 1060. The highest BCUT2D eigenvalue weighted by Crippen LogP contribution is 2.48. The molecule has 1 aliphatic heterocycles. The SMILES string of the molecule is CCCN(C)C(=O)c1cc(OC)c(C)c2c1Oc1c(C=O)c(O)cc(C)c1C(=O)O2. The average molecular weight is 413 g/mol. The van der Waals surface area contributed by atoms with Gasteiger partial charge in [0.1, 0.15) is 17.1 Å². The second-order valence-electron chi connectivity index (χ2n) is 7.08. The highest BCUT2D eigenvalue weighted by Gasteiger charge is 2.34. The third-order valence-corrected chi connectivity index (χ3v) is 5.01. The largest absolute Gasteiger partial charge is 0.507 e. The van der Waals surface area contributed by atoms with E-state index in [1.807, 2.05) is 6.92 Å². The van der Waals surface area contributed by atoms with Gasteiger partial charge in [-0.25, -0.2) is 4.79 Å². The van der Waals surface area contributed by atoms with Gasteiger partial charge < -0.3 is 24.2 Å². The first-order chi connectivity index (χ1) is 14.2. The Morgan fingerprint density at radius 3 is 2.50 bits per heavy atom. The number of fused-ring (bicyclic) bond motifs is 2. The first-order valence-electron chi connectivity index (χ1n) is 9.43. The standard InChI is InChI=1S/C22H23NO7/c1-6-7-23(4)21(26)13-9-16(28-5)12(3)18-20(13)29-19-14(10-24)15(25)8-11(2)17(19)22(27)30-18/h8-10,25H,6-7H2,1-5H3. The smallest absolute Gasteiger partial charge is 0.347 e. The van der Waals surface area contributed by atoms with E-state index >= 15 is 0 Å². The summed E-state index contributed by atoms with van der Waals surface area (Å²) in [6, 6.07) is 2.80. The number of phenolic OH excluding ortho intramolecular Hbond substituents is 1. The number of phenols is 1. The molecule has 8 heteroatoms. The Kier molecular flexibility index (Phi) is 5.69. The molecule has 3 rings (SSSR count). The number of methoxy groups -OCH3 is 1. The molecule has 2 aromatic carbocycles. The second kappa shape index (κ2) is 8.06. The molecular formula is C22H23NO7. The number of carbonyl (C=O) groups is 3. The first-order valence-corrected chi connectivity index (χ1v) is 9.43. The average Bonchev–Trinajstić information content (AvgIpc) is 2.85. The monoisotopic (exact) mass is 413 g/mol. The minimum atomic E-state index is -0.763. The summed E-state index contributed by atoms with van der Waals surface area (Å²) in [6.07, 6.45) is 1.14. The van der Waals surface area contributed by atoms with E-state index in [1.165, 1.54) is 24.1 Å². The molecule has 0 saturated carbocycles. The Labute approximate surface area is 174 Å². The molecule has 30 heavy (non-hydrogen) atoms. The van der Waals surface area contributed by atoms with Crippen LogP contribution >= 0.6 is 0 Å². The summed E-state index contributed by atoms with van der Waals surface area (Å²) in [4.78, 5) is 39.2. The number of esters is 1. The van der Waals surface area contributed by atoms with Crippen molar-refractivity contribution < 1.29 is 33.7 Å². The van der Waals surface area contributed by atoms with Gasteiger partial charge in [0.2, 0.25) is 0 Å². The number of nitrogens with zero attached hydrogens (tertiary/aromatic N) is 1. The van der Waals surface area contributed by atoms with Crippen molar-refractivity contribution in [3.8, 4) is 28.7 Å². The van der Waals surface area contributed by atoms with Crippen LogP contribution in [0.25, 0.3) is 0 Å². The zero-order chi connectivity index (χ0) is 22.2. The predicted molar refractivity (Wildman–Crippen MR) is 108 cm³/mol. The molecule has 0 aliphatic carbocycles. The highest BCUT2D eigenvalue weighted by molar-refractivity contribution is 6.04. The van der Waals surface area contributed by atoms with Crippen LogP contribution in [0.3, 0.4) is 0 Å². The summed E-state index contributed by atoms with van der Waals surface area (Å²) in [5.41, 5.74) is 0.741. The quantitative estimate of drug-likeness (QED) is 0.453. The molecule has 0 spiro atoms. The van der Waals surface area contributed by atoms with Crippen molar-refractivity contribution >= 4 is 18.2 Å². The van der Waals surface area contributed by atoms with E-state index in [2.05, 4.69) is 0 Å². The van der Waals surface area contributed by atoms with Gasteiger partial charge in [-0.05, 0) is 38.0 Å². The maximum Gasteiger partial charge on any atom is 0.347 e. The van der Waals surface area contributed by atoms with E-state index in [1.54, 1.807) is 20.9 Å². The molecule has 1 amide bonds. The summed E-state index contributed by atoms with van der Waals surface area (Å²) in [5.74, 6) is -1.25. The van der Waals surface area contributed by atoms with Crippen LogP contribution in [0.2, 0.25) is 0 Å². The van der Waals surface area contributed by atoms with Crippen molar-refractivity contribution in [3.05, 3.63) is 39.9 Å². The van der Waals surface area contributed by atoms with E-state index in [4.69, 9.17) is 14.2 Å². The van der Waals surface area contributed by atoms with Gasteiger partial charge in [0, 0.05) is 19.2 Å². The van der Waals surface area contributed by atoms with Crippen molar-refractivity contribution in [2.45, 2.75) is 27.2 Å². The summed E-state index contributed by atoms with van der Waals surface area (Å²) in [6.45, 7) is 5.69. The number of hydrogen-bond acceptors (Lipinski definition) is 7. The van der Waals surface area contributed by atoms with Crippen molar-refractivity contribution in [2.75, 3.05) is 20.7 Å². The maximum absolute atomic E-state index is 13.1. The lowest BCUT2D eigenvalue weighted by atomic mass is 10.0. The van der Waals surface area contributed by atoms with Gasteiger partial charge in [0.15, 0.2) is 23.5 Å². The van der Waals surface area contributed by atoms with E-state index in [9.17, 15) is 19.5 Å². The number of hydrogen-bond donors (Lipinski definition) is 1. The molecular weight excluding hydrogens is 390 g/mol. The van der Waals surface area contributed by atoms with E-state index in [0.717, 1.165) is 6.42 Å². The van der Waals surface area contributed by atoms with Crippen LogP contribution in [0.4, 0.5) is 0 Å². The van der Waals surface area contributed by atoms with Gasteiger partial charge in [-0.1, -0.05) is 6.92 Å². The lowest BCUT2D eigenvalue weighted by molar-refractivity contribution is 0.0730. The van der Waals surface area contributed by atoms with Crippen LogP contribution in [0, 0.1) is 13.8 Å². The van der Waals surface area contributed by atoms with Crippen LogP contribution in [-0.2, 0) is 0 Å². The van der Waals surface area contributed by atoms with Gasteiger partial charge in [-0.3, -0.25) is 9.59 Å². The number of carbonyl (C=O) groups excluding carboxylic acids is 3. The predicted octanol–water partition coefficient (Wildman–Crippen LogP) is 3.64. The first kappa shape index (κ1) is 21.2. The van der Waals surface area contributed by atoms with Crippen molar-refractivity contribution in [1.82, 2.24) is 4.90 Å². The van der Waals surface area contributed by atoms with Crippen molar-refractivity contribution in [2.24, 2.45) is 0 Å². The minimum Gasteiger partial charge on any atom is -0.507 e. The van der Waals surface area contributed by atoms with Crippen LogP contribution < -0.4 is 14.2 Å². The molecule has 8 nitrogen and oxygen atoms in total. The van der Waals surface area contributed by atoms with Gasteiger partial charge in [0.05, 0.1) is 18.2 Å². The van der Waals surface area contributed by atoms with Crippen LogP contribution in [0.1, 0.15) is 55.5 Å². The third kappa shape index (κ3) is 3.34. The lowest BCUT2D eigenvalue weighted by Crippen LogP contribution is -2.28. The molecule has 0 saturated heterocycles. The summed E-state index contributed by atoms with van der Waals surface area (Å²) < 4.78 is 16.9. The van der Waals surface area contributed by atoms with Crippen LogP contribution in [0.15, 0.2) is 12.1 Å². The number of aldehydes is 1. The number of aryl methyl sites for hydroxylation is 1. The number of ether oxygens (including phenoxy) is 3. The number of rotatable bonds is 5. The molecule has 0 atom stereocenters. The minimum absolute atomic E-state index is 0.00442. The van der Waals surface area contributed by atoms with Gasteiger partial charge in [-0.15, -0.1) is 0 Å². The zero-order valence-electron chi connectivity index (χ0n) is 17.5. The fraction of sp³-hybridized carbons (Fsp3) is 0.318. The van der Waals surface area contributed by atoms with Gasteiger partial charge in [0.25, 0.3) is 5.91 Å². The molecule has 0 radical (unpaired) electrons. The van der Waals surface area contributed by atoms with Crippen molar-refractivity contribution in [3.63, 3.8) is 0 Å². The van der Waals surface area contributed by atoms with Crippen molar-refractivity contribution in [1.29, 1.82) is 0 Å². The molecule has 1 aliphatic rings. The fourth-order valence-corrected chi connectivity index (χ4v) is 3.45. The summed E-state index contributed by atoms with van der Waals surface area (Å²) in [7, 11) is 3.09. The van der Waals surface area contributed by atoms with Gasteiger partial charge >= 0.3 is 5.97 Å². The molecule has 0 unspecified atom stereocenters. The fourth-order valence-electron chi connectivity index (χ4n) is 3.45. The maximum atomic E-state index is 13.1. The van der Waals surface area contributed by atoms with E-state index < -0.39 is 5.97 Å². The number of aromatic hydroxyl groups is 1. The highest BCUT2D eigenvalue weighted by atomic mass is 16.6. The summed E-state index contributed by atoms with van der Waals surface area (Å²) in [5, 5.41) is 10.2. The Hall–Kier alpha value is -3.55. The van der Waals surface area contributed by atoms with E-state index in [-0.39, 0.29) is 45.6 Å². The normalized spacial score (nSPS) is 12.1. The van der Waals surface area contributed by atoms with Crippen LogP contribution in [0.5, 0.6) is 28.7 Å². The molecule has 1 N–H and O–H groups in total. The molecule has 1 heterocycles. The molecule has 0 aromatic heterocycles. The number of benzene rings is 2. The van der Waals surface area contributed by atoms with Crippen LogP contribution in [-0.4, -0.2) is 48.9 Å². The topological polar surface area (TPSA) is 102 Å². The Morgan fingerprint density at radius 1 is 1.20 bits per heavy atom. The molecule has 2 aromatic rings. The number of amides is 1. The second-order valence-corrected chi connectivity index (χ2v) is 7.08. The van der Waals surface area contributed by atoms with Gasteiger partial charge in [-0.2, -0.15) is 0 Å². The zero-order valence-corrected chi connectivity index (χ0v) is 17.5. The van der Waals surface area contributed by atoms with E-state index in [0.29, 0.717) is 29.7 Å². The third-order valence-electron chi connectivity index (χ3n) is 5.01. The molecule has 0 bridgehead atoms. The Balaban J connectivity index is 2.33. The molecule has 158 valence electrons.